The molecule has 0 saturated carbocycles. The van der Waals surface area contributed by atoms with E-state index in [2.05, 4.69) is 10.3 Å². The summed E-state index contributed by atoms with van der Waals surface area (Å²) in [4.78, 5) is 26.6. The molecule has 23 heavy (non-hydrogen) atoms. The lowest BCUT2D eigenvalue weighted by molar-refractivity contribution is -0.124. The molecule has 0 radical (unpaired) electrons. The van der Waals surface area contributed by atoms with E-state index in [4.69, 9.17) is 9.15 Å². The number of amides is 1. The molecular weight excluding hydrogens is 300 g/mol. The van der Waals surface area contributed by atoms with Crippen LogP contribution in [0, 0.1) is 13.8 Å². The molecule has 2 rings (SSSR count). The number of aryl methyl sites for hydroxylation is 1. The molecule has 2 aromatic rings. The number of aromatic amines is 1. The standard InChI is InChI=1S/C16H20N2O5/c1-9-14(11(3)19)10(2)18-15(9)16(21)23-8-13(20)17-7-12-5-4-6-22-12/h4-6,11,18-19H,7-8H2,1-3H3,(H,17,20)/t11-/m1/s1. The van der Waals surface area contributed by atoms with Crippen LogP contribution in [0.1, 0.15) is 46.1 Å². The van der Waals surface area contributed by atoms with Gasteiger partial charge in [0.25, 0.3) is 5.91 Å². The molecule has 7 nitrogen and oxygen atoms in total. The van der Waals surface area contributed by atoms with Gasteiger partial charge in [-0.15, -0.1) is 0 Å². The number of aliphatic hydroxyl groups is 1. The second kappa shape index (κ2) is 7.15. The number of carbonyl (C=O) groups is 2. The minimum absolute atomic E-state index is 0.232. The predicted molar refractivity (Wildman–Crippen MR) is 81.7 cm³/mol. The zero-order valence-electron chi connectivity index (χ0n) is 13.3. The van der Waals surface area contributed by atoms with Gasteiger partial charge in [-0.25, -0.2) is 4.79 Å². The fourth-order valence-electron chi connectivity index (χ4n) is 2.45. The van der Waals surface area contributed by atoms with Gasteiger partial charge in [-0.3, -0.25) is 4.79 Å². The van der Waals surface area contributed by atoms with E-state index >= 15 is 0 Å². The van der Waals surface area contributed by atoms with Gasteiger partial charge in [-0.05, 0) is 38.5 Å². The second-order valence-corrected chi connectivity index (χ2v) is 5.27. The second-order valence-electron chi connectivity index (χ2n) is 5.27. The average Bonchev–Trinajstić information content (AvgIpc) is 3.10. The van der Waals surface area contributed by atoms with E-state index < -0.39 is 18.0 Å². The van der Waals surface area contributed by atoms with E-state index in [0.29, 0.717) is 22.6 Å². The van der Waals surface area contributed by atoms with Crippen LogP contribution in [-0.4, -0.2) is 28.6 Å². The van der Waals surface area contributed by atoms with Crippen LogP contribution in [0.25, 0.3) is 0 Å². The molecule has 7 heteroatoms. The first-order valence-corrected chi connectivity index (χ1v) is 7.23. The normalized spacial score (nSPS) is 12.0. The molecule has 0 aliphatic rings. The Morgan fingerprint density at radius 3 is 2.74 bits per heavy atom. The van der Waals surface area contributed by atoms with Gasteiger partial charge in [0.2, 0.25) is 0 Å². The summed E-state index contributed by atoms with van der Waals surface area (Å²) in [6, 6.07) is 3.45. The number of ether oxygens (including phenoxy) is 1. The van der Waals surface area contributed by atoms with Crippen LogP contribution in [0.4, 0.5) is 0 Å². The Hall–Kier alpha value is -2.54. The van der Waals surface area contributed by atoms with Gasteiger partial charge in [0, 0.05) is 11.3 Å². The Morgan fingerprint density at radius 1 is 1.43 bits per heavy atom. The number of hydrogen-bond donors (Lipinski definition) is 3. The summed E-state index contributed by atoms with van der Waals surface area (Å²) in [5, 5.41) is 12.3. The SMILES string of the molecule is Cc1[nH]c(C(=O)OCC(=O)NCc2ccco2)c(C)c1[C@@H](C)O. The number of carbonyl (C=O) groups excluding carboxylic acids is 2. The van der Waals surface area contributed by atoms with Crippen LogP contribution < -0.4 is 5.32 Å². The highest BCUT2D eigenvalue weighted by Gasteiger charge is 2.21. The van der Waals surface area contributed by atoms with Crippen molar-refractivity contribution in [2.24, 2.45) is 0 Å². The van der Waals surface area contributed by atoms with Crippen LogP contribution in [0.2, 0.25) is 0 Å². The van der Waals surface area contributed by atoms with E-state index in [-0.39, 0.29) is 18.8 Å². The third kappa shape index (κ3) is 4.01. The zero-order valence-corrected chi connectivity index (χ0v) is 13.3. The van der Waals surface area contributed by atoms with Crippen molar-refractivity contribution in [3.05, 3.63) is 46.7 Å². The Morgan fingerprint density at radius 2 is 2.17 bits per heavy atom. The minimum atomic E-state index is -0.690. The summed E-state index contributed by atoms with van der Waals surface area (Å²) >= 11 is 0. The lowest BCUT2D eigenvalue weighted by atomic mass is 10.1. The molecule has 1 atom stereocenters. The topological polar surface area (TPSA) is 105 Å². The minimum Gasteiger partial charge on any atom is -0.467 e. The smallest absolute Gasteiger partial charge is 0.355 e. The fraction of sp³-hybridized carbons (Fsp3) is 0.375. The van der Waals surface area contributed by atoms with Crippen molar-refractivity contribution in [3.8, 4) is 0 Å². The highest BCUT2D eigenvalue weighted by Crippen LogP contribution is 2.24. The molecule has 2 aromatic heterocycles. The molecule has 2 heterocycles. The Labute approximate surface area is 133 Å². The van der Waals surface area contributed by atoms with Gasteiger partial charge < -0.3 is 24.6 Å². The van der Waals surface area contributed by atoms with E-state index in [0.717, 1.165) is 0 Å². The summed E-state index contributed by atoms with van der Waals surface area (Å²) < 4.78 is 10.1. The molecule has 0 unspecified atom stereocenters. The highest BCUT2D eigenvalue weighted by molar-refractivity contribution is 5.91. The molecule has 0 aromatic carbocycles. The first kappa shape index (κ1) is 16.8. The van der Waals surface area contributed by atoms with Crippen molar-refractivity contribution in [2.75, 3.05) is 6.61 Å². The van der Waals surface area contributed by atoms with E-state index in [1.807, 2.05) is 0 Å². The van der Waals surface area contributed by atoms with Crippen LogP contribution in [0.3, 0.4) is 0 Å². The number of esters is 1. The molecular formula is C16H20N2O5. The average molecular weight is 320 g/mol. The van der Waals surface area contributed by atoms with Gasteiger partial charge in [0.15, 0.2) is 6.61 Å². The number of H-pyrrole nitrogens is 1. The van der Waals surface area contributed by atoms with Crippen molar-refractivity contribution >= 4 is 11.9 Å². The third-order valence-corrected chi connectivity index (χ3v) is 3.49. The summed E-state index contributed by atoms with van der Waals surface area (Å²) in [5.74, 6) is -0.445. The van der Waals surface area contributed by atoms with Crippen molar-refractivity contribution in [1.29, 1.82) is 0 Å². The Bertz CT molecular complexity index is 686. The molecule has 124 valence electrons. The summed E-state index contributed by atoms with van der Waals surface area (Å²) in [5.41, 5.74) is 2.24. The van der Waals surface area contributed by atoms with E-state index in [1.165, 1.54) is 6.26 Å². The van der Waals surface area contributed by atoms with E-state index in [9.17, 15) is 14.7 Å². The van der Waals surface area contributed by atoms with Crippen molar-refractivity contribution in [2.45, 2.75) is 33.4 Å². The van der Waals surface area contributed by atoms with Crippen LogP contribution in [0.5, 0.6) is 0 Å². The number of aromatic nitrogens is 1. The molecule has 0 saturated heterocycles. The van der Waals surface area contributed by atoms with Gasteiger partial charge >= 0.3 is 5.97 Å². The van der Waals surface area contributed by atoms with Crippen molar-refractivity contribution < 1.29 is 23.8 Å². The maximum atomic E-state index is 12.1. The summed E-state index contributed by atoms with van der Waals surface area (Å²) in [6.45, 7) is 4.96. The third-order valence-electron chi connectivity index (χ3n) is 3.49. The maximum Gasteiger partial charge on any atom is 0.355 e. The lowest BCUT2D eigenvalue weighted by Crippen LogP contribution is -2.28. The highest BCUT2D eigenvalue weighted by atomic mass is 16.5. The molecule has 0 fully saturated rings. The van der Waals surface area contributed by atoms with E-state index in [1.54, 1.807) is 32.9 Å². The van der Waals surface area contributed by atoms with Crippen LogP contribution >= 0.6 is 0 Å². The molecule has 3 N–H and O–H groups in total. The largest absolute Gasteiger partial charge is 0.467 e. The molecule has 0 bridgehead atoms. The van der Waals surface area contributed by atoms with Crippen molar-refractivity contribution in [1.82, 2.24) is 10.3 Å². The van der Waals surface area contributed by atoms with Gasteiger partial charge in [-0.2, -0.15) is 0 Å². The monoisotopic (exact) mass is 320 g/mol. The lowest BCUT2D eigenvalue weighted by Gasteiger charge is -2.06. The molecule has 0 aliphatic heterocycles. The fourth-order valence-corrected chi connectivity index (χ4v) is 2.45. The Balaban J connectivity index is 1.89. The number of furan rings is 1. The van der Waals surface area contributed by atoms with Gasteiger partial charge in [0.1, 0.15) is 11.5 Å². The molecule has 0 spiro atoms. The first-order valence-electron chi connectivity index (χ1n) is 7.23. The van der Waals surface area contributed by atoms with Crippen LogP contribution in [-0.2, 0) is 16.1 Å². The summed E-state index contributed by atoms with van der Waals surface area (Å²) in [7, 11) is 0. The van der Waals surface area contributed by atoms with Crippen LogP contribution in [0.15, 0.2) is 22.8 Å². The summed E-state index contributed by atoms with van der Waals surface area (Å²) in [6.07, 6.45) is 0.821. The first-order chi connectivity index (χ1) is 10.9. The quantitative estimate of drug-likeness (QED) is 0.703. The molecule has 0 aliphatic carbocycles. The molecule has 1 amide bonds. The Kier molecular flexibility index (Phi) is 5.23. The zero-order chi connectivity index (χ0) is 17.0. The number of rotatable bonds is 6. The predicted octanol–water partition coefficient (Wildman–Crippen LogP) is 1.75. The number of hydrogen-bond acceptors (Lipinski definition) is 5. The maximum absolute atomic E-state index is 12.1. The van der Waals surface area contributed by atoms with Crippen molar-refractivity contribution in [3.63, 3.8) is 0 Å². The number of aliphatic hydroxyl groups excluding tert-OH is 1. The van der Waals surface area contributed by atoms with Gasteiger partial charge in [0.05, 0.1) is 18.9 Å². The number of nitrogens with one attached hydrogen (secondary N) is 2. The van der Waals surface area contributed by atoms with Gasteiger partial charge in [-0.1, -0.05) is 0 Å².